The van der Waals surface area contributed by atoms with E-state index in [0.29, 0.717) is 12.3 Å². The molecule has 2 N–H and O–H groups in total. The lowest BCUT2D eigenvalue weighted by Crippen LogP contribution is -2.45. The van der Waals surface area contributed by atoms with Crippen LogP contribution in [0.3, 0.4) is 0 Å². The summed E-state index contributed by atoms with van der Waals surface area (Å²) in [5.74, 6) is 0.607. The highest BCUT2D eigenvalue weighted by Crippen LogP contribution is 2.42. The van der Waals surface area contributed by atoms with Crippen LogP contribution in [0.4, 0.5) is 0 Å². The number of rotatable bonds is 5. The Morgan fingerprint density at radius 2 is 1.85 bits per heavy atom. The molecule has 1 amide bonds. The lowest BCUT2D eigenvalue weighted by molar-refractivity contribution is -0.143. The number of nitrogens with one attached hydrogen (secondary N) is 1. The van der Waals surface area contributed by atoms with E-state index >= 15 is 0 Å². The van der Waals surface area contributed by atoms with E-state index in [4.69, 9.17) is 5.11 Å². The molecule has 0 aromatic heterocycles. The predicted octanol–water partition coefficient (Wildman–Crippen LogP) is 2.96. The van der Waals surface area contributed by atoms with E-state index < -0.39 is 12.0 Å². The summed E-state index contributed by atoms with van der Waals surface area (Å²) in [5, 5.41) is 11.9. The first-order valence-electron chi connectivity index (χ1n) is 8.15. The molecule has 2 saturated carbocycles. The molecule has 2 aliphatic rings. The zero-order chi connectivity index (χ0) is 14.5. The van der Waals surface area contributed by atoms with E-state index in [1.54, 1.807) is 0 Å². The van der Waals surface area contributed by atoms with Gasteiger partial charge >= 0.3 is 5.97 Å². The lowest BCUT2D eigenvalue weighted by atomic mass is 9.67. The first-order chi connectivity index (χ1) is 9.61. The second-order valence-electron chi connectivity index (χ2n) is 6.50. The van der Waals surface area contributed by atoms with Gasteiger partial charge in [0.1, 0.15) is 6.04 Å². The number of hydrogen-bond acceptors (Lipinski definition) is 2. The molecule has 0 radical (unpaired) electrons. The number of carboxylic acids is 1. The van der Waals surface area contributed by atoms with Crippen LogP contribution < -0.4 is 5.32 Å². The van der Waals surface area contributed by atoms with Gasteiger partial charge in [0.15, 0.2) is 0 Å². The summed E-state index contributed by atoms with van der Waals surface area (Å²) in [7, 11) is 0. The Balaban J connectivity index is 1.87. The van der Waals surface area contributed by atoms with Gasteiger partial charge in [0.25, 0.3) is 0 Å². The molecular weight excluding hydrogens is 254 g/mol. The van der Waals surface area contributed by atoms with Crippen LogP contribution in [-0.4, -0.2) is 23.0 Å². The van der Waals surface area contributed by atoms with Crippen LogP contribution in [0.15, 0.2) is 0 Å². The van der Waals surface area contributed by atoms with Gasteiger partial charge in [-0.3, -0.25) is 4.79 Å². The van der Waals surface area contributed by atoms with Crippen molar-refractivity contribution in [1.82, 2.24) is 5.32 Å². The molecule has 0 aromatic rings. The fourth-order valence-electron chi connectivity index (χ4n) is 3.95. The molecule has 0 heterocycles. The monoisotopic (exact) mass is 281 g/mol. The molecule has 2 rings (SSSR count). The van der Waals surface area contributed by atoms with Gasteiger partial charge in [-0.15, -0.1) is 0 Å². The summed E-state index contributed by atoms with van der Waals surface area (Å²) in [5.41, 5.74) is 0. The molecule has 0 aliphatic heterocycles. The van der Waals surface area contributed by atoms with Crippen molar-refractivity contribution >= 4 is 11.9 Å². The summed E-state index contributed by atoms with van der Waals surface area (Å²) in [4.78, 5) is 23.4. The van der Waals surface area contributed by atoms with Crippen LogP contribution in [0.2, 0.25) is 0 Å². The van der Waals surface area contributed by atoms with Crippen LogP contribution in [0.25, 0.3) is 0 Å². The molecule has 0 aromatic carbocycles. The molecular formula is C16H27NO3. The lowest BCUT2D eigenvalue weighted by Gasteiger charge is -2.39. The van der Waals surface area contributed by atoms with Gasteiger partial charge < -0.3 is 10.4 Å². The van der Waals surface area contributed by atoms with Gasteiger partial charge in [-0.25, -0.2) is 4.79 Å². The smallest absolute Gasteiger partial charge is 0.326 e. The molecule has 2 fully saturated rings. The average Bonchev–Trinajstić information content (AvgIpc) is 2.46. The number of carbonyl (C=O) groups is 2. The molecule has 4 nitrogen and oxygen atoms in total. The Labute approximate surface area is 121 Å². The van der Waals surface area contributed by atoms with Crippen LogP contribution in [0.1, 0.15) is 64.7 Å². The van der Waals surface area contributed by atoms with Gasteiger partial charge in [0, 0.05) is 5.92 Å². The second kappa shape index (κ2) is 7.09. The Kier molecular flexibility index (Phi) is 5.44. The third kappa shape index (κ3) is 3.74. The zero-order valence-electron chi connectivity index (χ0n) is 12.4. The van der Waals surface area contributed by atoms with Gasteiger partial charge in [0.05, 0.1) is 0 Å². The highest BCUT2D eigenvalue weighted by atomic mass is 16.4. The molecule has 20 heavy (non-hydrogen) atoms. The molecule has 0 saturated heterocycles. The highest BCUT2D eigenvalue weighted by molar-refractivity contribution is 5.85. The SMILES string of the molecule is CCC[C@H](NC(=O)C1CCC2CCCCC2C1)C(=O)O. The molecule has 3 unspecified atom stereocenters. The third-order valence-electron chi connectivity index (χ3n) is 5.10. The van der Waals surface area contributed by atoms with Gasteiger partial charge in [0.2, 0.25) is 5.91 Å². The molecule has 4 atom stereocenters. The minimum Gasteiger partial charge on any atom is -0.480 e. The van der Waals surface area contributed by atoms with E-state index in [1.807, 2.05) is 6.92 Å². The van der Waals surface area contributed by atoms with E-state index in [9.17, 15) is 9.59 Å². The van der Waals surface area contributed by atoms with Gasteiger partial charge in [-0.1, -0.05) is 39.0 Å². The standard InChI is InChI=1S/C16H27NO3/c1-2-5-14(16(19)20)17-15(18)13-9-8-11-6-3-4-7-12(11)10-13/h11-14H,2-10H2,1H3,(H,17,18)(H,19,20)/t11?,12?,13?,14-/m0/s1. The predicted molar refractivity (Wildman–Crippen MR) is 77.3 cm³/mol. The summed E-state index contributed by atoms with van der Waals surface area (Å²) in [6, 6.07) is -0.712. The summed E-state index contributed by atoms with van der Waals surface area (Å²) in [6.45, 7) is 1.94. The Hall–Kier alpha value is -1.06. The van der Waals surface area contributed by atoms with Crippen molar-refractivity contribution in [1.29, 1.82) is 0 Å². The van der Waals surface area contributed by atoms with Crippen LogP contribution in [-0.2, 0) is 9.59 Å². The summed E-state index contributed by atoms with van der Waals surface area (Å²) >= 11 is 0. The Bertz CT molecular complexity index is 356. The maximum absolute atomic E-state index is 12.3. The quantitative estimate of drug-likeness (QED) is 0.814. The van der Waals surface area contributed by atoms with Crippen LogP contribution in [0, 0.1) is 17.8 Å². The number of aliphatic carboxylic acids is 1. The number of amides is 1. The van der Waals surface area contributed by atoms with Crippen molar-refractivity contribution in [2.24, 2.45) is 17.8 Å². The zero-order valence-corrected chi connectivity index (χ0v) is 12.4. The average molecular weight is 281 g/mol. The normalized spacial score (nSPS) is 31.1. The maximum atomic E-state index is 12.3. The largest absolute Gasteiger partial charge is 0.480 e. The number of carbonyl (C=O) groups excluding carboxylic acids is 1. The van der Waals surface area contributed by atoms with Gasteiger partial charge in [-0.05, 0) is 37.5 Å². The molecule has 4 heteroatoms. The molecule has 114 valence electrons. The van der Waals surface area contributed by atoms with Gasteiger partial charge in [-0.2, -0.15) is 0 Å². The third-order valence-corrected chi connectivity index (χ3v) is 5.10. The molecule has 2 aliphatic carbocycles. The summed E-state index contributed by atoms with van der Waals surface area (Å²) < 4.78 is 0. The summed E-state index contributed by atoms with van der Waals surface area (Å²) in [6.07, 6.45) is 9.55. The van der Waals surface area contributed by atoms with Crippen molar-refractivity contribution in [2.75, 3.05) is 0 Å². The van der Waals surface area contributed by atoms with E-state index in [1.165, 1.54) is 25.7 Å². The fraction of sp³-hybridized carbons (Fsp3) is 0.875. The first-order valence-corrected chi connectivity index (χ1v) is 8.15. The van der Waals surface area contributed by atoms with Crippen molar-refractivity contribution in [2.45, 2.75) is 70.8 Å². The number of carboxylic acid groups (broad SMARTS) is 1. The molecule has 0 spiro atoms. The van der Waals surface area contributed by atoms with E-state index in [0.717, 1.165) is 31.6 Å². The highest BCUT2D eigenvalue weighted by Gasteiger charge is 2.35. The maximum Gasteiger partial charge on any atom is 0.326 e. The van der Waals surface area contributed by atoms with Crippen molar-refractivity contribution in [3.63, 3.8) is 0 Å². The Morgan fingerprint density at radius 1 is 1.15 bits per heavy atom. The fourth-order valence-corrected chi connectivity index (χ4v) is 3.95. The van der Waals surface area contributed by atoms with Crippen molar-refractivity contribution < 1.29 is 14.7 Å². The minimum absolute atomic E-state index is 0.0325. The second-order valence-corrected chi connectivity index (χ2v) is 6.50. The van der Waals surface area contributed by atoms with Crippen LogP contribution in [0.5, 0.6) is 0 Å². The number of fused-ring (bicyclic) bond motifs is 1. The number of hydrogen-bond donors (Lipinski definition) is 2. The van der Waals surface area contributed by atoms with Crippen molar-refractivity contribution in [3.05, 3.63) is 0 Å². The topological polar surface area (TPSA) is 66.4 Å². The van der Waals surface area contributed by atoms with E-state index in [2.05, 4.69) is 5.32 Å². The van der Waals surface area contributed by atoms with Crippen molar-refractivity contribution in [3.8, 4) is 0 Å². The van der Waals surface area contributed by atoms with E-state index in [-0.39, 0.29) is 11.8 Å². The Morgan fingerprint density at radius 3 is 2.50 bits per heavy atom. The molecule has 0 bridgehead atoms. The van der Waals surface area contributed by atoms with Crippen LogP contribution >= 0.6 is 0 Å². The first kappa shape index (κ1) is 15.3. The minimum atomic E-state index is -0.911.